The van der Waals surface area contributed by atoms with Gasteiger partial charge in [0.2, 0.25) is 0 Å². The molecular weight excluding hydrogens is 322 g/mol. The maximum absolute atomic E-state index is 12.2. The topological polar surface area (TPSA) is 24.5 Å². The van der Waals surface area contributed by atoms with Crippen molar-refractivity contribution in [3.8, 4) is 5.75 Å². The van der Waals surface area contributed by atoms with Crippen molar-refractivity contribution in [2.75, 3.05) is 26.2 Å². The van der Waals surface area contributed by atoms with E-state index in [1.54, 1.807) is 12.1 Å². The van der Waals surface area contributed by atoms with Crippen LogP contribution in [0.15, 0.2) is 24.3 Å². The SMILES string of the molecule is CCCCC[C@@H](c1ccc(OC(F)F)cc1)N1CCNCC1.Cl. The molecule has 1 atom stereocenters. The average Bonchev–Trinajstić information content (AvgIpc) is 2.53. The van der Waals surface area contributed by atoms with Gasteiger partial charge in [-0.25, -0.2) is 0 Å². The van der Waals surface area contributed by atoms with E-state index in [4.69, 9.17) is 0 Å². The van der Waals surface area contributed by atoms with E-state index in [-0.39, 0.29) is 18.2 Å². The quantitative estimate of drug-likeness (QED) is 0.711. The summed E-state index contributed by atoms with van der Waals surface area (Å²) in [4.78, 5) is 2.50. The number of unbranched alkanes of at least 4 members (excludes halogenated alkanes) is 2. The highest BCUT2D eigenvalue weighted by Crippen LogP contribution is 2.28. The smallest absolute Gasteiger partial charge is 0.387 e. The lowest BCUT2D eigenvalue weighted by Gasteiger charge is -2.35. The Bertz CT molecular complexity index is 425. The van der Waals surface area contributed by atoms with Crippen LogP contribution in [0.1, 0.15) is 44.2 Å². The fourth-order valence-corrected chi connectivity index (χ4v) is 3.01. The van der Waals surface area contributed by atoms with Gasteiger partial charge >= 0.3 is 6.61 Å². The summed E-state index contributed by atoms with van der Waals surface area (Å²) in [6.45, 7) is 3.53. The number of nitrogens with zero attached hydrogens (tertiary/aromatic N) is 1. The minimum Gasteiger partial charge on any atom is -0.435 e. The van der Waals surface area contributed by atoms with Crippen LogP contribution in [-0.4, -0.2) is 37.7 Å². The normalized spacial score (nSPS) is 16.9. The zero-order valence-corrected chi connectivity index (χ0v) is 14.5. The third-order valence-electron chi connectivity index (χ3n) is 4.16. The molecule has 132 valence electrons. The van der Waals surface area contributed by atoms with Gasteiger partial charge in [-0.05, 0) is 24.1 Å². The molecule has 1 aromatic carbocycles. The minimum atomic E-state index is -2.76. The Morgan fingerprint density at radius 2 is 1.78 bits per heavy atom. The molecule has 1 aliphatic rings. The predicted molar refractivity (Wildman–Crippen MR) is 91.6 cm³/mol. The van der Waals surface area contributed by atoms with Crippen LogP contribution in [0.4, 0.5) is 8.78 Å². The standard InChI is InChI=1S/C17H26F2N2O.ClH/c1-2-3-4-5-16(21-12-10-20-11-13-21)14-6-8-15(9-7-14)22-17(18)19;/h6-9,16-17,20H,2-5,10-13H2,1H3;1H/t16-;/m0./s1. The monoisotopic (exact) mass is 348 g/mol. The van der Waals surface area contributed by atoms with Crippen LogP contribution >= 0.6 is 12.4 Å². The van der Waals surface area contributed by atoms with Crippen molar-refractivity contribution in [2.24, 2.45) is 0 Å². The van der Waals surface area contributed by atoms with Crippen molar-refractivity contribution >= 4 is 12.4 Å². The Morgan fingerprint density at radius 1 is 1.13 bits per heavy atom. The number of ether oxygens (including phenoxy) is 1. The zero-order valence-electron chi connectivity index (χ0n) is 13.6. The Balaban J connectivity index is 0.00000264. The van der Waals surface area contributed by atoms with Crippen LogP contribution in [0.25, 0.3) is 0 Å². The molecule has 2 rings (SSSR count). The van der Waals surface area contributed by atoms with Crippen LogP contribution in [0.5, 0.6) is 5.75 Å². The molecule has 1 saturated heterocycles. The Kier molecular flexibility index (Phi) is 9.44. The van der Waals surface area contributed by atoms with Gasteiger partial charge in [0.25, 0.3) is 0 Å². The first-order valence-corrected chi connectivity index (χ1v) is 8.20. The third kappa shape index (κ3) is 6.61. The van der Waals surface area contributed by atoms with Crippen molar-refractivity contribution in [1.82, 2.24) is 10.2 Å². The number of benzene rings is 1. The summed E-state index contributed by atoms with van der Waals surface area (Å²) in [5.74, 6) is 0.228. The Hall–Kier alpha value is -0.910. The second-order valence-electron chi connectivity index (χ2n) is 5.75. The summed E-state index contributed by atoms with van der Waals surface area (Å²) in [6.07, 6.45) is 4.74. The van der Waals surface area contributed by atoms with Gasteiger partial charge in [0, 0.05) is 32.2 Å². The van der Waals surface area contributed by atoms with Crippen molar-refractivity contribution in [3.63, 3.8) is 0 Å². The van der Waals surface area contributed by atoms with Crippen molar-refractivity contribution in [3.05, 3.63) is 29.8 Å². The zero-order chi connectivity index (χ0) is 15.8. The highest BCUT2D eigenvalue weighted by Gasteiger charge is 2.21. The molecule has 3 nitrogen and oxygen atoms in total. The van der Waals surface area contributed by atoms with Crippen molar-refractivity contribution < 1.29 is 13.5 Å². The maximum Gasteiger partial charge on any atom is 0.387 e. The minimum absolute atomic E-state index is 0. The molecule has 0 aromatic heterocycles. The molecule has 0 radical (unpaired) electrons. The highest BCUT2D eigenvalue weighted by molar-refractivity contribution is 5.85. The summed E-state index contributed by atoms with van der Waals surface area (Å²) in [5, 5.41) is 3.37. The van der Waals surface area contributed by atoms with Gasteiger partial charge in [-0.1, -0.05) is 38.3 Å². The van der Waals surface area contributed by atoms with Crippen LogP contribution in [0.3, 0.4) is 0 Å². The molecule has 1 aliphatic heterocycles. The number of alkyl halides is 2. The third-order valence-corrected chi connectivity index (χ3v) is 4.16. The van der Waals surface area contributed by atoms with E-state index in [1.165, 1.54) is 24.8 Å². The number of piperazine rings is 1. The lowest BCUT2D eigenvalue weighted by molar-refractivity contribution is -0.0498. The molecular formula is C17H27ClF2N2O. The predicted octanol–water partition coefficient (Wildman–Crippen LogP) is 4.24. The molecule has 1 N–H and O–H groups in total. The van der Waals surface area contributed by atoms with Crippen LogP contribution in [0, 0.1) is 0 Å². The van der Waals surface area contributed by atoms with E-state index in [1.807, 2.05) is 12.1 Å². The molecule has 0 bridgehead atoms. The summed E-state index contributed by atoms with van der Waals surface area (Å²) in [5.41, 5.74) is 1.19. The van der Waals surface area contributed by atoms with Gasteiger partial charge in [-0.15, -0.1) is 12.4 Å². The van der Waals surface area contributed by atoms with Gasteiger partial charge in [0.15, 0.2) is 0 Å². The molecule has 1 heterocycles. The number of rotatable bonds is 8. The number of hydrogen-bond acceptors (Lipinski definition) is 3. The molecule has 1 aromatic rings. The van der Waals surface area contributed by atoms with Crippen LogP contribution in [0.2, 0.25) is 0 Å². The summed E-state index contributed by atoms with van der Waals surface area (Å²) < 4.78 is 28.9. The van der Waals surface area contributed by atoms with E-state index in [9.17, 15) is 8.78 Å². The van der Waals surface area contributed by atoms with Crippen molar-refractivity contribution in [2.45, 2.75) is 45.3 Å². The van der Waals surface area contributed by atoms with E-state index in [0.717, 1.165) is 32.6 Å². The fourth-order valence-electron chi connectivity index (χ4n) is 3.01. The summed E-state index contributed by atoms with van der Waals surface area (Å²) in [6, 6.07) is 7.52. The van der Waals surface area contributed by atoms with Gasteiger partial charge in [-0.3, -0.25) is 4.90 Å². The van der Waals surface area contributed by atoms with Crippen LogP contribution < -0.4 is 10.1 Å². The van der Waals surface area contributed by atoms with E-state index in [2.05, 4.69) is 21.9 Å². The summed E-state index contributed by atoms with van der Waals surface area (Å²) >= 11 is 0. The van der Waals surface area contributed by atoms with Gasteiger partial charge in [-0.2, -0.15) is 8.78 Å². The molecule has 0 spiro atoms. The van der Waals surface area contributed by atoms with Gasteiger partial charge in [0.05, 0.1) is 0 Å². The molecule has 0 aliphatic carbocycles. The number of nitrogens with one attached hydrogen (secondary N) is 1. The average molecular weight is 349 g/mol. The van der Waals surface area contributed by atoms with E-state index < -0.39 is 6.61 Å². The molecule has 0 saturated carbocycles. The molecule has 6 heteroatoms. The second kappa shape index (κ2) is 10.8. The second-order valence-corrected chi connectivity index (χ2v) is 5.75. The summed E-state index contributed by atoms with van der Waals surface area (Å²) in [7, 11) is 0. The lowest BCUT2D eigenvalue weighted by Crippen LogP contribution is -2.45. The largest absolute Gasteiger partial charge is 0.435 e. The number of halogens is 3. The van der Waals surface area contributed by atoms with Gasteiger partial charge in [0.1, 0.15) is 5.75 Å². The molecule has 0 unspecified atom stereocenters. The Morgan fingerprint density at radius 3 is 2.35 bits per heavy atom. The molecule has 0 amide bonds. The van der Waals surface area contributed by atoms with Crippen LogP contribution in [-0.2, 0) is 0 Å². The van der Waals surface area contributed by atoms with Crippen molar-refractivity contribution in [1.29, 1.82) is 0 Å². The first-order valence-electron chi connectivity index (χ1n) is 8.20. The molecule has 23 heavy (non-hydrogen) atoms. The number of hydrogen-bond donors (Lipinski definition) is 1. The lowest BCUT2D eigenvalue weighted by atomic mass is 9.98. The fraction of sp³-hybridized carbons (Fsp3) is 0.647. The van der Waals surface area contributed by atoms with E-state index >= 15 is 0 Å². The highest BCUT2D eigenvalue weighted by atomic mass is 35.5. The Labute approximate surface area is 143 Å². The first kappa shape index (κ1) is 20.1. The first-order chi connectivity index (χ1) is 10.7. The van der Waals surface area contributed by atoms with Gasteiger partial charge < -0.3 is 10.1 Å². The maximum atomic E-state index is 12.2. The molecule has 1 fully saturated rings. The van der Waals surface area contributed by atoms with E-state index in [0.29, 0.717) is 6.04 Å².